The van der Waals surface area contributed by atoms with Crippen molar-refractivity contribution in [2.24, 2.45) is 11.8 Å². The highest BCUT2D eigenvalue weighted by Gasteiger charge is 2.44. The number of hydrogen-bond acceptors (Lipinski definition) is 12. The summed E-state index contributed by atoms with van der Waals surface area (Å²) in [6.45, 7) is 17.4. The third-order valence-corrected chi connectivity index (χ3v) is 8.29. The van der Waals surface area contributed by atoms with Gasteiger partial charge in [-0.3, -0.25) is 9.59 Å². The Morgan fingerprint density at radius 1 is 0.875 bits per heavy atom. The Labute approximate surface area is 240 Å². The lowest BCUT2D eigenvalue weighted by Crippen LogP contribution is -2.53. The van der Waals surface area contributed by atoms with Gasteiger partial charge in [-0.05, 0) is 27.7 Å². The summed E-state index contributed by atoms with van der Waals surface area (Å²) >= 11 is 0. The van der Waals surface area contributed by atoms with Crippen molar-refractivity contribution in [2.75, 3.05) is 52.9 Å². The lowest BCUT2D eigenvalue weighted by molar-refractivity contribution is -0.275. The van der Waals surface area contributed by atoms with E-state index in [1.54, 1.807) is 0 Å². The van der Waals surface area contributed by atoms with Gasteiger partial charge in [0.2, 0.25) is 0 Å². The normalized spacial score (nSPS) is 23.8. The van der Waals surface area contributed by atoms with Crippen molar-refractivity contribution in [1.29, 1.82) is 5.26 Å². The Hall–Kier alpha value is -1.42. The van der Waals surface area contributed by atoms with Crippen molar-refractivity contribution in [3.8, 4) is 6.07 Å². The predicted molar refractivity (Wildman–Crippen MR) is 148 cm³/mol. The van der Waals surface area contributed by atoms with E-state index in [2.05, 4.69) is 38.4 Å². The zero-order valence-electron chi connectivity index (χ0n) is 25.3. The van der Waals surface area contributed by atoms with Gasteiger partial charge in [0.05, 0.1) is 58.7 Å². The SMILES string of the molecule is CC(=O)OCC1OC(OCCOCCOCCOP(OCCC#N)N(C(C)C)C(C)C)C(C)C(C)C1OC(C)=O. The Morgan fingerprint density at radius 2 is 1.45 bits per heavy atom. The zero-order valence-corrected chi connectivity index (χ0v) is 26.2. The molecule has 1 saturated heterocycles. The van der Waals surface area contributed by atoms with Crippen molar-refractivity contribution in [2.45, 2.75) is 92.4 Å². The van der Waals surface area contributed by atoms with E-state index in [0.29, 0.717) is 52.7 Å². The fraction of sp³-hybridized carbons (Fsp3) is 0.889. The van der Waals surface area contributed by atoms with E-state index in [9.17, 15) is 9.59 Å². The number of rotatable bonds is 20. The molecule has 1 aliphatic rings. The number of carbonyl (C=O) groups is 2. The van der Waals surface area contributed by atoms with Gasteiger partial charge in [-0.1, -0.05) is 13.8 Å². The number of hydrogen-bond donors (Lipinski definition) is 0. The molecule has 40 heavy (non-hydrogen) atoms. The highest BCUT2D eigenvalue weighted by molar-refractivity contribution is 7.44. The Balaban J connectivity index is 2.34. The largest absolute Gasteiger partial charge is 0.463 e. The first-order chi connectivity index (χ1) is 19.0. The molecule has 0 radical (unpaired) electrons. The van der Waals surface area contributed by atoms with E-state index >= 15 is 0 Å². The van der Waals surface area contributed by atoms with E-state index in [1.807, 2.05) is 13.8 Å². The molecule has 0 spiro atoms. The summed E-state index contributed by atoms with van der Waals surface area (Å²) in [5, 5.41) is 8.80. The molecule has 0 aromatic carbocycles. The fourth-order valence-corrected chi connectivity index (χ4v) is 5.77. The lowest BCUT2D eigenvalue weighted by atomic mass is 9.84. The molecule has 0 amide bonds. The van der Waals surface area contributed by atoms with Crippen molar-refractivity contribution in [3.05, 3.63) is 0 Å². The summed E-state index contributed by atoms with van der Waals surface area (Å²) in [6.07, 6.45) is -1.39. The molecule has 6 atom stereocenters. The van der Waals surface area contributed by atoms with E-state index < -0.39 is 39.0 Å². The van der Waals surface area contributed by atoms with Crippen LogP contribution in [0.3, 0.4) is 0 Å². The van der Waals surface area contributed by atoms with Crippen molar-refractivity contribution in [1.82, 2.24) is 4.67 Å². The molecule has 0 aromatic rings. The summed E-state index contributed by atoms with van der Waals surface area (Å²) in [5.74, 6) is -0.975. The summed E-state index contributed by atoms with van der Waals surface area (Å²) in [7, 11) is -1.28. The van der Waals surface area contributed by atoms with Gasteiger partial charge in [-0.15, -0.1) is 0 Å². The number of esters is 2. The molecule has 1 aliphatic heterocycles. The predicted octanol–water partition coefficient (Wildman–Crippen LogP) is 3.82. The van der Waals surface area contributed by atoms with Gasteiger partial charge in [-0.2, -0.15) is 5.26 Å². The van der Waals surface area contributed by atoms with Crippen LogP contribution in [0.2, 0.25) is 0 Å². The first-order valence-corrected chi connectivity index (χ1v) is 15.1. The minimum absolute atomic E-state index is 0.0252. The van der Waals surface area contributed by atoms with Crippen LogP contribution in [0, 0.1) is 23.2 Å². The Bertz CT molecular complexity index is 758. The summed E-state index contributed by atoms with van der Waals surface area (Å²) < 4.78 is 47.7. The molecule has 13 heteroatoms. The average Bonchev–Trinajstić information content (AvgIpc) is 2.87. The van der Waals surface area contributed by atoms with Crippen molar-refractivity contribution in [3.63, 3.8) is 0 Å². The molecular formula is C27H49N2O10P. The molecule has 0 aromatic heterocycles. The molecule has 0 saturated carbocycles. The monoisotopic (exact) mass is 592 g/mol. The van der Waals surface area contributed by atoms with Gasteiger partial charge in [0.25, 0.3) is 8.53 Å². The molecule has 1 rings (SSSR count). The second kappa shape index (κ2) is 20.5. The van der Waals surface area contributed by atoms with Crippen LogP contribution in [-0.4, -0.2) is 100 Å². The van der Waals surface area contributed by atoms with E-state index in [0.717, 1.165) is 0 Å². The Kier molecular flexibility index (Phi) is 18.7. The third-order valence-electron chi connectivity index (χ3n) is 6.18. The maximum absolute atomic E-state index is 11.6. The molecule has 0 bridgehead atoms. The van der Waals surface area contributed by atoms with Crippen LogP contribution in [0.15, 0.2) is 0 Å². The van der Waals surface area contributed by atoms with Crippen LogP contribution >= 0.6 is 8.53 Å². The smallest absolute Gasteiger partial charge is 0.303 e. The maximum Gasteiger partial charge on any atom is 0.303 e. The number of carbonyl (C=O) groups excluding carboxylic acids is 2. The first-order valence-electron chi connectivity index (χ1n) is 13.9. The highest BCUT2D eigenvalue weighted by atomic mass is 31.2. The first kappa shape index (κ1) is 36.6. The van der Waals surface area contributed by atoms with Crippen LogP contribution in [-0.2, 0) is 47.1 Å². The highest BCUT2D eigenvalue weighted by Crippen LogP contribution is 2.45. The number of ether oxygens (including phenoxy) is 6. The minimum Gasteiger partial charge on any atom is -0.463 e. The molecule has 0 N–H and O–H groups in total. The second-order valence-electron chi connectivity index (χ2n) is 10.1. The fourth-order valence-electron chi connectivity index (χ4n) is 4.19. The summed E-state index contributed by atoms with van der Waals surface area (Å²) in [5.41, 5.74) is 0. The van der Waals surface area contributed by atoms with Gasteiger partial charge in [-0.25, -0.2) is 4.67 Å². The molecule has 6 unspecified atom stereocenters. The molecule has 232 valence electrons. The quantitative estimate of drug-likeness (QED) is 0.116. The zero-order chi connectivity index (χ0) is 30.1. The van der Waals surface area contributed by atoms with E-state index in [-0.39, 0.29) is 30.5 Å². The van der Waals surface area contributed by atoms with Crippen molar-refractivity contribution < 1.29 is 47.1 Å². The van der Waals surface area contributed by atoms with Crippen LogP contribution in [0.25, 0.3) is 0 Å². The summed E-state index contributed by atoms with van der Waals surface area (Å²) in [4.78, 5) is 22.9. The average molecular weight is 593 g/mol. The number of nitrogens with zero attached hydrogens (tertiary/aromatic N) is 2. The van der Waals surface area contributed by atoms with Gasteiger partial charge < -0.3 is 37.5 Å². The maximum atomic E-state index is 11.6. The Morgan fingerprint density at radius 3 is 2.00 bits per heavy atom. The van der Waals surface area contributed by atoms with Crippen LogP contribution in [0.1, 0.15) is 61.8 Å². The molecular weight excluding hydrogens is 543 g/mol. The second-order valence-corrected chi connectivity index (χ2v) is 11.6. The molecule has 1 fully saturated rings. The third kappa shape index (κ3) is 14.0. The van der Waals surface area contributed by atoms with E-state index in [1.165, 1.54) is 13.8 Å². The van der Waals surface area contributed by atoms with Gasteiger partial charge >= 0.3 is 11.9 Å². The van der Waals surface area contributed by atoms with Gasteiger partial charge in [0, 0.05) is 37.8 Å². The van der Waals surface area contributed by atoms with Crippen LogP contribution < -0.4 is 0 Å². The molecule has 12 nitrogen and oxygen atoms in total. The van der Waals surface area contributed by atoms with Crippen LogP contribution in [0.4, 0.5) is 0 Å². The van der Waals surface area contributed by atoms with Gasteiger partial charge in [0.1, 0.15) is 18.8 Å². The standard InChI is InChI=1S/C27H49N2O10P/c1-19(2)29(20(3)4)40(36-11-9-10-28)37-17-15-33-13-12-32-14-16-34-27-22(6)21(5)26(38-24(8)31)25(39-27)18-35-23(7)30/h19-22,25-27H,9,11-18H2,1-8H3. The van der Waals surface area contributed by atoms with E-state index in [4.69, 9.17) is 42.7 Å². The summed E-state index contributed by atoms with van der Waals surface area (Å²) in [6, 6.07) is 2.57. The lowest BCUT2D eigenvalue weighted by Gasteiger charge is -2.43. The minimum atomic E-state index is -1.28. The van der Waals surface area contributed by atoms with Crippen molar-refractivity contribution >= 4 is 20.5 Å². The molecule has 0 aliphatic carbocycles. The van der Waals surface area contributed by atoms with Crippen LogP contribution in [0.5, 0.6) is 0 Å². The topological polar surface area (TPSA) is 135 Å². The molecule has 1 heterocycles. The number of nitriles is 1. The van der Waals surface area contributed by atoms with Gasteiger partial charge in [0.15, 0.2) is 6.29 Å².